The van der Waals surface area contributed by atoms with E-state index in [1.807, 2.05) is 6.07 Å². The molecule has 0 amide bonds. The van der Waals surface area contributed by atoms with E-state index >= 15 is 0 Å². The van der Waals surface area contributed by atoms with E-state index in [0.717, 1.165) is 38.3 Å². The zero-order valence-electron chi connectivity index (χ0n) is 11.7. The van der Waals surface area contributed by atoms with Gasteiger partial charge in [0.2, 0.25) is 0 Å². The first-order valence-corrected chi connectivity index (χ1v) is 7.71. The van der Waals surface area contributed by atoms with E-state index in [2.05, 4.69) is 40.9 Å². The summed E-state index contributed by atoms with van der Waals surface area (Å²) in [4.78, 5) is 6.34. The molecule has 0 atom stereocenters. The predicted octanol–water partition coefficient (Wildman–Crippen LogP) is 1.62. The van der Waals surface area contributed by atoms with Gasteiger partial charge in [0.25, 0.3) is 0 Å². The fourth-order valence-electron chi connectivity index (χ4n) is 2.35. The topological polar surface area (TPSA) is 26.7 Å². The van der Waals surface area contributed by atoms with Crippen molar-refractivity contribution < 1.29 is 5.11 Å². The number of rotatable bonds is 3. The Morgan fingerprint density at radius 3 is 2.68 bits per heavy atom. The van der Waals surface area contributed by atoms with E-state index in [1.165, 1.54) is 4.88 Å². The Kier molecular flexibility index (Phi) is 5.41. The average Bonchev–Trinajstić information content (AvgIpc) is 2.84. The molecule has 0 spiro atoms. The van der Waals surface area contributed by atoms with E-state index in [0.29, 0.717) is 6.04 Å². The first kappa shape index (κ1) is 14.5. The van der Waals surface area contributed by atoms with Gasteiger partial charge >= 0.3 is 0 Å². The first-order valence-electron chi connectivity index (χ1n) is 6.83. The Morgan fingerprint density at radius 2 is 2.05 bits per heavy atom. The van der Waals surface area contributed by atoms with Crippen LogP contribution in [0.1, 0.15) is 24.3 Å². The number of hydrogen-bond donors (Lipinski definition) is 1. The van der Waals surface area contributed by atoms with Crippen LogP contribution in [0.3, 0.4) is 0 Å². The molecule has 1 aliphatic heterocycles. The summed E-state index contributed by atoms with van der Waals surface area (Å²) in [6.07, 6.45) is 0. The Balaban J connectivity index is 1.91. The van der Waals surface area contributed by atoms with Crippen molar-refractivity contribution in [3.8, 4) is 11.8 Å². The van der Waals surface area contributed by atoms with Crippen molar-refractivity contribution in [2.24, 2.45) is 0 Å². The van der Waals surface area contributed by atoms with Crippen LogP contribution in [0.25, 0.3) is 0 Å². The monoisotopic (exact) mass is 278 g/mol. The second-order valence-corrected chi connectivity index (χ2v) is 6.12. The predicted molar refractivity (Wildman–Crippen MR) is 80.3 cm³/mol. The maximum absolute atomic E-state index is 8.77. The van der Waals surface area contributed by atoms with Gasteiger partial charge in [0.15, 0.2) is 0 Å². The van der Waals surface area contributed by atoms with E-state index in [1.54, 1.807) is 11.3 Å². The zero-order chi connectivity index (χ0) is 13.7. The summed E-state index contributed by atoms with van der Waals surface area (Å²) in [5.74, 6) is 5.77. The standard InChI is InChI=1S/C15H22N2OS/c1-13(2)17-8-6-16(7-9-17)12-15-14(4-3-10-18)5-11-19-15/h5,11,13,18H,6-10,12H2,1-2H3. The van der Waals surface area contributed by atoms with Gasteiger partial charge in [-0.3, -0.25) is 9.80 Å². The van der Waals surface area contributed by atoms with Gasteiger partial charge in [0.05, 0.1) is 0 Å². The van der Waals surface area contributed by atoms with E-state index in [-0.39, 0.29) is 6.61 Å². The molecule has 1 aliphatic rings. The van der Waals surface area contributed by atoms with Crippen LogP contribution in [0, 0.1) is 11.8 Å². The number of nitrogens with zero attached hydrogens (tertiary/aromatic N) is 2. The minimum atomic E-state index is -0.0671. The first-order chi connectivity index (χ1) is 9.20. The molecule has 1 N–H and O–H groups in total. The fraction of sp³-hybridized carbons (Fsp3) is 0.600. The van der Waals surface area contributed by atoms with Crippen molar-refractivity contribution in [1.29, 1.82) is 0 Å². The number of thiophene rings is 1. The lowest BCUT2D eigenvalue weighted by Crippen LogP contribution is -2.48. The summed E-state index contributed by atoms with van der Waals surface area (Å²) >= 11 is 1.76. The number of aliphatic hydroxyl groups excluding tert-OH is 1. The molecule has 104 valence electrons. The largest absolute Gasteiger partial charge is 0.384 e. The molecule has 19 heavy (non-hydrogen) atoms. The molecular formula is C15H22N2OS. The average molecular weight is 278 g/mol. The molecule has 0 aromatic carbocycles. The van der Waals surface area contributed by atoms with E-state index < -0.39 is 0 Å². The third-order valence-corrected chi connectivity index (χ3v) is 4.46. The lowest BCUT2D eigenvalue weighted by atomic mass is 10.2. The maximum Gasteiger partial charge on any atom is 0.104 e. The van der Waals surface area contributed by atoms with Crippen molar-refractivity contribution in [2.75, 3.05) is 32.8 Å². The van der Waals surface area contributed by atoms with Crippen molar-refractivity contribution >= 4 is 11.3 Å². The highest BCUT2D eigenvalue weighted by Gasteiger charge is 2.19. The lowest BCUT2D eigenvalue weighted by Gasteiger charge is -2.36. The number of aliphatic hydroxyl groups is 1. The molecule has 0 bridgehead atoms. The molecule has 0 aliphatic carbocycles. The Hall–Kier alpha value is -0.860. The second-order valence-electron chi connectivity index (χ2n) is 5.12. The highest BCUT2D eigenvalue weighted by Crippen LogP contribution is 2.19. The minimum absolute atomic E-state index is 0.0671. The fourth-order valence-corrected chi connectivity index (χ4v) is 3.22. The summed E-state index contributed by atoms with van der Waals surface area (Å²) in [6, 6.07) is 2.70. The van der Waals surface area contributed by atoms with Crippen molar-refractivity contribution in [1.82, 2.24) is 9.80 Å². The number of hydrogen-bond acceptors (Lipinski definition) is 4. The van der Waals surface area contributed by atoms with Crippen LogP contribution in [0.4, 0.5) is 0 Å². The van der Waals surface area contributed by atoms with Crippen molar-refractivity contribution in [3.63, 3.8) is 0 Å². The summed E-state index contributed by atoms with van der Waals surface area (Å²) in [7, 11) is 0. The lowest BCUT2D eigenvalue weighted by molar-refractivity contribution is 0.105. The van der Waals surface area contributed by atoms with Crippen LogP contribution < -0.4 is 0 Å². The molecule has 1 aromatic rings. The third kappa shape index (κ3) is 4.05. The Morgan fingerprint density at radius 1 is 1.32 bits per heavy atom. The van der Waals surface area contributed by atoms with Gasteiger partial charge in [-0.15, -0.1) is 11.3 Å². The van der Waals surface area contributed by atoms with Crippen LogP contribution in [0.2, 0.25) is 0 Å². The van der Waals surface area contributed by atoms with Gasteiger partial charge in [-0.05, 0) is 25.3 Å². The molecule has 0 unspecified atom stereocenters. The van der Waals surface area contributed by atoms with E-state index in [9.17, 15) is 0 Å². The Bertz CT molecular complexity index is 450. The zero-order valence-corrected chi connectivity index (χ0v) is 12.5. The molecule has 1 saturated heterocycles. The van der Waals surface area contributed by atoms with Gasteiger partial charge in [-0.25, -0.2) is 0 Å². The summed E-state index contributed by atoms with van der Waals surface area (Å²) in [6.45, 7) is 10.0. The van der Waals surface area contributed by atoms with Crippen LogP contribution in [0.5, 0.6) is 0 Å². The molecule has 0 saturated carbocycles. The summed E-state index contributed by atoms with van der Waals surface area (Å²) in [5.41, 5.74) is 1.07. The molecule has 4 heteroatoms. The highest BCUT2D eigenvalue weighted by molar-refractivity contribution is 7.10. The van der Waals surface area contributed by atoms with Gasteiger partial charge in [0, 0.05) is 49.2 Å². The van der Waals surface area contributed by atoms with Gasteiger partial charge in [0.1, 0.15) is 6.61 Å². The van der Waals surface area contributed by atoms with Crippen LogP contribution in [-0.2, 0) is 6.54 Å². The summed E-state index contributed by atoms with van der Waals surface area (Å²) < 4.78 is 0. The molecule has 2 rings (SSSR count). The van der Waals surface area contributed by atoms with Crippen LogP contribution >= 0.6 is 11.3 Å². The maximum atomic E-state index is 8.77. The quantitative estimate of drug-likeness (QED) is 0.851. The normalized spacial score (nSPS) is 17.5. The summed E-state index contributed by atoms with van der Waals surface area (Å²) in [5, 5.41) is 10.9. The van der Waals surface area contributed by atoms with Gasteiger partial charge in [-0.1, -0.05) is 11.8 Å². The Labute approximate surface area is 119 Å². The SMILES string of the molecule is CC(C)N1CCN(Cc2sccc2C#CCO)CC1. The molecule has 3 nitrogen and oxygen atoms in total. The highest BCUT2D eigenvalue weighted by atomic mass is 32.1. The molecular weight excluding hydrogens is 256 g/mol. The third-order valence-electron chi connectivity index (χ3n) is 3.55. The van der Waals surface area contributed by atoms with Gasteiger partial charge in [-0.2, -0.15) is 0 Å². The van der Waals surface area contributed by atoms with Crippen LogP contribution in [-0.4, -0.2) is 53.7 Å². The van der Waals surface area contributed by atoms with Gasteiger partial charge < -0.3 is 5.11 Å². The smallest absolute Gasteiger partial charge is 0.104 e. The van der Waals surface area contributed by atoms with E-state index in [4.69, 9.17) is 5.11 Å². The van der Waals surface area contributed by atoms with Crippen LogP contribution in [0.15, 0.2) is 11.4 Å². The second kappa shape index (κ2) is 7.06. The van der Waals surface area contributed by atoms with Crippen molar-refractivity contribution in [3.05, 3.63) is 21.9 Å². The van der Waals surface area contributed by atoms with Crippen molar-refractivity contribution in [2.45, 2.75) is 26.4 Å². The number of piperazine rings is 1. The molecule has 2 heterocycles. The molecule has 1 fully saturated rings. The minimum Gasteiger partial charge on any atom is -0.384 e. The molecule has 0 radical (unpaired) electrons. The molecule has 1 aromatic heterocycles.